The van der Waals surface area contributed by atoms with E-state index < -0.39 is 41.9 Å². The molecule has 0 spiro atoms. The molecule has 0 radical (unpaired) electrons. The van der Waals surface area contributed by atoms with Gasteiger partial charge in [-0.2, -0.15) is 0 Å². The highest BCUT2D eigenvalue weighted by Gasteiger charge is 2.53. The first kappa shape index (κ1) is 27.5. The fourth-order valence-corrected chi connectivity index (χ4v) is 6.31. The van der Waals surface area contributed by atoms with Gasteiger partial charge in [0.15, 0.2) is 0 Å². The first-order valence-electron chi connectivity index (χ1n) is 13.8. The highest BCUT2D eigenvalue weighted by Crippen LogP contribution is 2.45. The molecule has 2 aliphatic rings. The Morgan fingerprint density at radius 1 is 1.05 bits per heavy atom. The number of amides is 4. The smallest absolute Gasteiger partial charge is 0.332 e. The van der Waals surface area contributed by atoms with Crippen molar-refractivity contribution in [2.45, 2.75) is 44.8 Å². The van der Waals surface area contributed by atoms with E-state index in [1.54, 1.807) is 35.2 Å². The number of H-pyrrole nitrogens is 1. The number of halogens is 1. The average molecular weight is 585 g/mol. The molecule has 1 aromatic heterocycles. The lowest BCUT2D eigenvalue weighted by molar-refractivity contribution is -0.139. The number of hydrogen-bond donors (Lipinski definition) is 3. The summed E-state index contributed by atoms with van der Waals surface area (Å²) in [6, 6.07) is 18.1. The summed E-state index contributed by atoms with van der Waals surface area (Å²) < 4.78 is 0. The van der Waals surface area contributed by atoms with Crippen LogP contribution in [0.4, 0.5) is 10.5 Å². The molecule has 42 heavy (non-hydrogen) atoms. The Balaban J connectivity index is 1.43. The number of carbonyl (C=O) groups is 4. The topological polar surface area (TPSA) is 123 Å². The zero-order chi connectivity index (χ0) is 29.7. The lowest BCUT2D eigenvalue weighted by Crippen LogP contribution is -2.44. The van der Waals surface area contributed by atoms with Crippen LogP contribution in [0.25, 0.3) is 10.9 Å². The van der Waals surface area contributed by atoms with Gasteiger partial charge in [0.05, 0.1) is 11.3 Å². The maximum atomic E-state index is 14.3. The van der Waals surface area contributed by atoms with Crippen LogP contribution in [0.1, 0.15) is 53.5 Å². The summed E-state index contributed by atoms with van der Waals surface area (Å²) in [5.41, 5.74) is 3.55. The summed E-state index contributed by atoms with van der Waals surface area (Å²) in [4.78, 5) is 59.7. The quantitative estimate of drug-likeness (QED) is 0.246. The number of nitrogens with zero attached hydrogens (tertiary/aromatic N) is 2. The van der Waals surface area contributed by atoms with Gasteiger partial charge in [0.2, 0.25) is 0 Å². The SMILES string of the molecule is CC(C)C[C@H](NC(=O)c1ccccc1N1C(=O)[C@@H]2Cc3c([nH]c4ccccc34)C(c3cccc(Cl)c3)N2C1=O)C(=O)O. The minimum absolute atomic E-state index is 0.0240. The number of para-hydroxylation sites is 2. The second-order valence-corrected chi connectivity index (χ2v) is 11.6. The van der Waals surface area contributed by atoms with Gasteiger partial charge < -0.3 is 15.4 Å². The molecule has 3 heterocycles. The van der Waals surface area contributed by atoms with Crippen molar-refractivity contribution in [3.05, 3.63) is 100 Å². The van der Waals surface area contributed by atoms with E-state index in [1.165, 1.54) is 12.1 Å². The van der Waals surface area contributed by atoms with Gasteiger partial charge in [-0.05, 0) is 53.8 Å². The van der Waals surface area contributed by atoms with Crippen molar-refractivity contribution in [3.8, 4) is 0 Å². The predicted molar refractivity (Wildman–Crippen MR) is 159 cm³/mol. The van der Waals surface area contributed by atoms with Crippen molar-refractivity contribution in [2.75, 3.05) is 4.90 Å². The third-order valence-corrected chi connectivity index (χ3v) is 8.15. The van der Waals surface area contributed by atoms with Crippen LogP contribution in [0.5, 0.6) is 0 Å². The van der Waals surface area contributed by atoms with E-state index in [1.807, 2.05) is 44.2 Å². The Morgan fingerprint density at radius 2 is 1.79 bits per heavy atom. The van der Waals surface area contributed by atoms with Crippen molar-refractivity contribution in [1.29, 1.82) is 0 Å². The van der Waals surface area contributed by atoms with E-state index in [4.69, 9.17) is 11.6 Å². The Morgan fingerprint density at radius 3 is 2.52 bits per heavy atom. The first-order valence-corrected chi connectivity index (χ1v) is 14.2. The molecule has 6 rings (SSSR count). The summed E-state index contributed by atoms with van der Waals surface area (Å²) in [5.74, 6) is -2.26. The van der Waals surface area contributed by atoms with Crippen LogP contribution in [0.2, 0.25) is 5.02 Å². The highest BCUT2D eigenvalue weighted by atomic mass is 35.5. The van der Waals surface area contributed by atoms with E-state index in [9.17, 15) is 24.3 Å². The number of hydrogen-bond acceptors (Lipinski definition) is 4. The number of carboxylic acids is 1. The van der Waals surface area contributed by atoms with Crippen LogP contribution < -0.4 is 10.2 Å². The van der Waals surface area contributed by atoms with E-state index in [2.05, 4.69) is 10.3 Å². The minimum atomic E-state index is -1.15. The van der Waals surface area contributed by atoms with Crippen LogP contribution in [0, 0.1) is 5.92 Å². The number of benzene rings is 3. The lowest BCUT2D eigenvalue weighted by atomic mass is 9.89. The molecule has 1 saturated heterocycles. The fraction of sp³-hybridized carbons (Fsp3) is 0.250. The molecule has 3 N–H and O–H groups in total. The van der Waals surface area contributed by atoms with Crippen LogP contribution >= 0.6 is 11.6 Å². The Hall–Kier alpha value is -4.63. The molecule has 3 atom stereocenters. The minimum Gasteiger partial charge on any atom is -0.480 e. The standard InChI is InChI=1S/C32H29ClN4O5/c1-17(2)14-24(31(40)41)35-29(38)21-11-4-6-13-25(21)37-30(39)26-16-22-20-10-3-5-12-23(20)34-27(22)28(36(26)32(37)42)18-8-7-9-19(33)15-18/h3-13,15,17,24,26,28,34H,14,16H2,1-2H3,(H,35,38)(H,40,41)/t24-,26-,28?/m0/s1. The van der Waals surface area contributed by atoms with Crippen molar-refractivity contribution in [3.63, 3.8) is 0 Å². The number of anilines is 1. The van der Waals surface area contributed by atoms with Crippen molar-refractivity contribution < 1.29 is 24.3 Å². The number of aromatic amines is 1. The summed E-state index contributed by atoms with van der Waals surface area (Å²) in [6.07, 6.45) is 0.523. The van der Waals surface area contributed by atoms with Crippen molar-refractivity contribution >= 4 is 52.0 Å². The van der Waals surface area contributed by atoms with Crippen molar-refractivity contribution in [2.24, 2.45) is 5.92 Å². The van der Waals surface area contributed by atoms with Crippen LogP contribution in [0.15, 0.2) is 72.8 Å². The molecular weight excluding hydrogens is 556 g/mol. The summed E-state index contributed by atoms with van der Waals surface area (Å²) in [6.45, 7) is 3.73. The number of nitrogens with one attached hydrogen (secondary N) is 2. The Labute approximate surface area is 247 Å². The van der Waals surface area contributed by atoms with Gasteiger partial charge in [-0.3, -0.25) is 14.5 Å². The van der Waals surface area contributed by atoms with Gasteiger partial charge in [-0.15, -0.1) is 0 Å². The molecule has 1 fully saturated rings. The molecule has 214 valence electrons. The van der Waals surface area contributed by atoms with Gasteiger partial charge >= 0.3 is 12.0 Å². The number of rotatable bonds is 7. The van der Waals surface area contributed by atoms with Gasteiger partial charge in [0.25, 0.3) is 11.8 Å². The summed E-state index contributed by atoms with van der Waals surface area (Å²) in [7, 11) is 0. The zero-order valence-electron chi connectivity index (χ0n) is 23.0. The maximum absolute atomic E-state index is 14.3. The normalized spacial score (nSPS) is 18.8. The van der Waals surface area contributed by atoms with Crippen LogP contribution in [-0.4, -0.2) is 50.9 Å². The predicted octanol–water partition coefficient (Wildman–Crippen LogP) is 5.53. The third-order valence-electron chi connectivity index (χ3n) is 7.91. The van der Waals surface area contributed by atoms with E-state index in [-0.39, 0.29) is 23.6 Å². The number of carbonyl (C=O) groups excluding carboxylic acids is 3. The number of fused-ring (bicyclic) bond motifs is 4. The Bertz CT molecular complexity index is 1750. The second-order valence-electron chi connectivity index (χ2n) is 11.1. The second kappa shape index (κ2) is 10.6. The van der Waals surface area contributed by atoms with E-state index in [0.717, 1.165) is 32.6 Å². The molecular formula is C32H29ClN4O5. The van der Waals surface area contributed by atoms with E-state index >= 15 is 0 Å². The van der Waals surface area contributed by atoms with Gasteiger partial charge in [0, 0.05) is 28.0 Å². The molecule has 1 unspecified atom stereocenters. The average Bonchev–Trinajstić information content (AvgIpc) is 3.45. The number of imide groups is 1. The molecule has 9 nitrogen and oxygen atoms in total. The highest BCUT2D eigenvalue weighted by molar-refractivity contribution is 6.30. The first-order chi connectivity index (χ1) is 20.2. The summed E-state index contributed by atoms with van der Waals surface area (Å²) in [5, 5.41) is 13.7. The molecule has 4 amide bonds. The molecule has 0 bridgehead atoms. The zero-order valence-corrected chi connectivity index (χ0v) is 23.8. The summed E-state index contributed by atoms with van der Waals surface area (Å²) >= 11 is 6.38. The number of urea groups is 1. The molecule has 4 aromatic rings. The number of aromatic nitrogens is 1. The molecule has 2 aliphatic heterocycles. The molecule has 3 aromatic carbocycles. The van der Waals surface area contributed by atoms with Gasteiger partial charge in [0.1, 0.15) is 18.1 Å². The molecule has 0 aliphatic carbocycles. The van der Waals surface area contributed by atoms with Crippen LogP contribution in [-0.2, 0) is 16.0 Å². The Kier molecular flexibility index (Phi) is 6.98. The third kappa shape index (κ3) is 4.59. The monoisotopic (exact) mass is 584 g/mol. The fourth-order valence-electron chi connectivity index (χ4n) is 6.11. The lowest BCUT2D eigenvalue weighted by Gasteiger charge is -2.36. The van der Waals surface area contributed by atoms with E-state index in [0.29, 0.717) is 11.4 Å². The van der Waals surface area contributed by atoms with Crippen LogP contribution in [0.3, 0.4) is 0 Å². The number of carboxylic acid groups (broad SMARTS) is 1. The number of aliphatic carboxylic acids is 1. The van der Waals surface area contributed by atoms with Gasteiger partial charge in [-0.25, -0.2) is 14.5 Å². The van der Waals surface area contributed by atoms with Gasteiger partial charge in [-0.1, -0.05) is 67.9 Å². The van der Waals surface area contributed by atoms with Crippen molar-refractivity contribution in [1.82, 2.24) is 15.2 Å². The molecule has 0 saturated carbocycles. The molecule has 10 heteroatoms. The maximum Gasteiger partial charge on any atom is 0.332 e. The largest absolute Gasteiger partial charge is 0.480 e.